The third-order valence-electron chi connectivity index (χ3n) is 5.27. The molecule has 4 aromatic rings. The molecule has 0 spiro atoms. The second-order valence-electron chi connectivity index (χ2n) is 7.54. The summed E-state index contributed by atoms with van der Waals surface area (Å²) in [6.07, 6.45) is 2.88. The number of furan rings is 1. The highest BCUT2D eigenvalue weighted by Crippen LogP contribution is 2.38. The largest absolute Gasteiger partial charge is 0.493 e. The average Bonchev–Trinajstić information content (AvgIpc) is 3.26. The molecule has 0 aliphatic carbocycles. The molecule has 9 heteroatoms. The van der Waals surface area contributed by atoms with E-state index in [1.165, 1.54) is 51.7 Å². The van der Waals surface area contributed by atoms with Gasteiger partial charge >= 0.3 is 0 Å². The maximum Gasteiger partial charge on any atom is 0.293 e. The van der Waals surface area contributed by atoms with Crippen LogP contribution in [0.25, 0.3) is 17.0 Å². The van der Waals surface area contributed by atoms with Crippen molar-refractivity contribution in [1.29, 1.82) is 0 Å². The standard InChI is InChI=1S/C27H23FN2O6/c1-33-21-14-16(15-22(34-2)25(21)35-3)8-13-23(31)30-24-19-6-4-5-7-20(19)36-26(24)27(32)29-18-11-9-17(28)10-12-18/h4-15H,1-3H3,(H,29,32)(H,30,31)/b13-8-. The zero-order valence-corrected chi connectivity index (χ0v) is 19.8. The molecule has 36 heavy (non-hydrogen) atoms. The number of methoxy groups -OCH3 is 3. The summed E-state index contributed by atoms with van der Waals surface area (Å²) in [5.41, 5.74) is 1.64. The van der Waals surface area contributed by atoms with Crippen molar-refractivity contribution in [3.8, 4) is 17.2 Å². The predicted molar refractivity (Wildman–Crippen MR) is 134 cm³/mol. The summed E-state index contributed by atoms with van der Waals surface area (Å²) in [6.45, 7) is 0. The number of amides is 2. The van der Waals surface area contributed by atoms with Crippen LogP contribution >= 0.6 is 0 Å². The summed E-state index contributed by atoms with van der Waals surface area (Å²) in [5.74, 6) is -0.287. The molecule has 1 aromatic heterocycles. The highest BCUT2D eigenvalue weighted by molar-refractivity contribution is 6.16. The molecule has 0 aliphatic heterocycles. The van der Waals surface area contributed by atoms with Gasteiger partial charge in [0.25, 0.3) is 5.91 Å². The Bertz CT molecular complexity index is 1420. The summed E-state index contributed by atoms with van der Waals surface area (Å²) in [5, 5.41) is 5.93. The van der Waals surface area contributed by atoms with Crippen LogP contribution in [-0.4, -0.2) is 33.1 Å². The second-order valence-corrected chi connectivity index (χ2v) is 7.54. The van der Waals surface area contributed by atoms with Crippen LogP contribution in [0.1, 0.15) is 16.1 Å². The maximum atomic E-state index is 13.2. The van der Waals surface area contributed by atoms with Gasteiger partial charge in [-0.15, -0.1) is 0 Å². The summed E-state index contributed by atoms with van der Waals surface area (Å²) >= 11 is 0. The molecule has 0 aliphatic rings. The Labute approximate surface area is 206 Å². The smallest absolute Gasteiger partial charge is 0.293 e. The van der Waals surface area contributed by atoms with Crippen molar-refractivity contribution in [3.05, 3.63) is 83.9 Å². The van der Waals surface area contributed by atoms with Crippen molar-refractivity contribution >= 4 is 40.2 Å². The normalized spacial score (nSPS) is 10.9. The number of para-hydroxylation sites is 1. The van der Waals surface area contributed by atoms with E-state index in [9.17, 15) is 14.0 Å². The lowest BCUT2D eigenvalue weighted by Gasteiger charge is -2.12. The van der Waals surface area contributed by atoms with Crippen LogP contribution in [0.5, 0.6) is 17.2 Å². The number of carbonyl (C=O) groups excluding carboxylic acids is 2. The molecule has 0 radical (unpaired) electrons. The number of hydrogen-bond donors (Lipinski definition) is 2. The minimum atomic E-state index is -0.596. The van der Waals surface area contributed by atoms with E-state index in [2.05, 4.69) is 10.6 Å². The Morgan fingerprint density at radius 2 is 1.56 bits per heavy atom. The summed E-state index contributed by atoms with van der Waals surface area (Å²) < 4.78 is 34.9. The number of hydrogen-bond acceptors (Lipinski definition) is 6. The Hall–Kier alpha value is -4.79. The maximum absolute atomic E-state index is 13.2. The van der Waals surface area contributed by atoms with Crippen molar-refractivity contribution in [3.63, 3.8) is 0 Å². The Balaban J connectivity index is 1.60. The molecule has 4 rings (SSSR count). The van der Waals surface area contributed by atoms with E-state index in [4.69, 9.17) is 18.6 Å². The third kappa shape index (κ3) is 5.15. The van der Waals surface area contributed by atoms with Gasteiger partial charge in [0.05, 0.1) is 21.3 Å². The average molecular weight is 490 g/mol. The fourth-order valence-corrected chi connectivity index (χ4v) is 3.58. The molecular formula is C27H23FN2O6. The van der Waals surface area contributed by atoms with E-state index in [-0.39, 0.29) is 11.4 Å². The highest BCUT2D eigenvalue weighted by atomic mass is 19.1. The minimum absolute atomic E-state index is 0.0879. The SMILES string of the molecule is COc1cc(/C=C\C(=O)Nc2c(C(=O)Nc3ccc(F)cc3)oc3ccccc23)cc(OC)c1OC. The molecule has 2 N–H and O–H groups in total. The number of ether oxygens (including phenoxy) is 3. The Morgan fingerprint density at radius 3 is 2.19 bits per heavy atom. The first-order chi connectivity index (χ1) is 17.4. The fraction of sp³-hybridized carbons (Fsp3) is 0.111. The van der Waals surface area contributed by atoms with Crippen molar-refractivity contribution in [2.75, 3.05) is 32.0 Å². The van der Waals surface area contributed by atoms with Crippen LogP contribution in [0.4, 0.5) is 15.8 Å². The van der Waals surface area contributed by atoms with Gasteiger partial charge in [0.15, 0.2) is 11.5 Å². The van der Waals surface area contributed by atoms with Crippen LogP contribution in [0.15, 0.2) is 71.2 Å². The van der Waals surface area contributed by atoms with E-state index in [0.717, 1.165) is 0 Å². The summed E-state index contributed by atoms with van der Waals surface area (Å²) in [6, 6.07) is 15.6. The lowest BCUT2D eigenvalue weighted by Crippen LogP contribution is -2.15. The van der Waals surface area contributed by atoms with Crippen LogP contribution in [0.2, 0.25) is 0 Å². The van der Waals surface area contributed by atoms with E-state index in [1.54, 1.807) is 42.5 Å². The van der Waals surface area contributed by atoms with Crippen LogP contribution in [-0.2, 0) is 4.79 Å². The van der Waals surface area contributed by atoms with E-state index in [0.29, 0.717) is 39.5 Å². The van der Waals surface area contributed by atoms with Crippen molar-refractivity contribution in [1.82, 2.24) is 0 Å². The molecule has 3 aromatic carbocycles. The molecule has 184 valence electrons. The number of carbonyl (C=O) groups is 2. The van der Waals surface area contributed by atoms with Gasteiger partial charge in [-0.25, -0.2) is 4.39 Å². The molecule has 1 heterocycles. The topological polar surface area (TPSA) is 99.0 Å². The third-order valence-corrected chi connectivity index (χ3v) is 5.27. The molecule has 0 unspecified atom stereocenters. The second kappa shape index (κ2) is 10.6. The van der Waals surface area contributed by atoms with Gasteiger partial charge in [-0.05, 0) is 60.2 Å². The van der Waals surface area contributed by atoms with E-state index < -0.39 is 17.6 Å². The molecule has 2 amide bonds. The molecular weight excluding hydrogens is 467 g/mol. The summed E-state index contributed by atoms with van der Waals surface area (Å²) in [7, 11) is 4.50. The van der Waals surface area contributed by atoms with Gasteiger partial charge in [-0.3, -0.25) is 9.59 Å². The van der Waals surface area contributed by atoms with E-state index >= 15 is 0 Å². The van der Waals surface area contributed by atoms with Gasteiger partial charge in [0, 0.05) is 17.1 Å². The lowest BCUT2D eigenvalue weighted by atomic mass is 10.1. The van der Waals surface area contributed by atoms with Crippen LogP contribution in [0.3, 0.4) is 0 Å². The monoisotopic (exact) mass is 490 g/mol. The van der Waals surface area contributed by atoms with Gasteiger partial charge < -0.3 is 29.3 Å². The number of nitrogens with one attached hydrogen (secondary N) is 2. The molecule has 0 atom stereocenters. The van der Waals surface area contributed by atoms with Crippen molar-refractivity contribution in [2.24, 2.45) is 0 Å². The molecule has 0 fully saturated rings. The van der Waals surface area contributed by atoms with Gasteiger partial charge in [-0.1, -0.05) is 12.1 Å². The first-order valence-electron chi connectivity index (χ1n) is 10.8. The summed E-state index contributed by atoms with van der Waals surface area (Å²) in [4.78, 5) is 25.8. The predicted octanol–water partition coefficient (Wildman–Crippen LogP) is 5.50. The first-order valence-corrected chi connectivity index (χ1v) is 10.8. The number of halogens is 1. The number of fused-ring (bicyclic) bond motifs is 1. The minimum Gasteiger partial charge on any atom is -0.493 e. The zero-order valence-electron chi connectivity index (χ0n) is 19.8. The Kier molecular flexibility index (Phi) is 7.20. The number of benzene rings is 3. The molecule has 0 saturated carbocycles. The number of rotatable bonds is 8. The van der Waals surface area contributed by atoms with Crippen LogP contribution < -0.4 is 24.8 Å². The van der Waals surface area contributed by atoms with Crippen molar-refractivity contribution in [2.45, 2.75) is 0 Å². The first kappa shape index (κ1) is 24.3. The molecule has 0 bridgehead atoms. The van der Waals surface area contributed by atoms with Gasteiger partial charge in [-0.2, -0.15) is 0 Å². The zero-order chi connectivity index (χ0) is 25.7. The lowest BCUT2D eigenvalue weighted by molar-refractivity contribution is -0.111. The number of anilines is 2. The highest BCUT2D eigenvalue weighted by Gasteiger charge is 2.22. The van der Waals surface area contributed by atoms with Crippen LogP contribution in [0, 0.1) is 5.82 Å². The Morgan fingerprint density at radius 1 is 0.889 bits per heavy atom. The molecule has 8 nitrogen and oxygen atoms in total. The fourth-order valence-electron chi connectivity index (χ4n) is 3.58. The molecule has 0 saturated heterocycles. The van der Waals surface area contributed by atoms with Gasteiger partial charge in [0.2, 0.25) is 17.4 Å². The quantitative estimate of drug-likeness (QED) is 0.317. The van der Waals surface area contributed by atoms with Gasteiger partial charge in [0.1, 0.15) is 17.1 Å². The van der Waals surface area contributed by atoms with E-state index in [1.807, 2.05) is 0 Å². The van der Waals surface area contributed by atoms with Crippen molar-refractivity contribution < 1.29 is 32.6 Å².